The van der Waals surface area contributed by atoms with Crippen molar-refractivity contribution >= 4 is 5.69 Å². The number of nitriles is 1. The topological polar surface area (TPSA) is 68.9 Å². The van der Waals surface area contributed by atoms with Crippen LogP contribution in [0.3, 0.4) is 0 Å². The van der Waals surface area contributed by atoms with Crippen molar-refractivity contribution < 1.29 is 5.11 Å². The van der Waals surface area contributed by atoms with Crippen LogP contribution < -0.4 is 5.32 Å². The molecule has 1 saturated carbocycles. The summed E-state index contributed by atoms with van der Waals surface area (Å²) >= 11 is 0. The molecule has 4 heteroatoms. The number of aromatic nitrogens is 1. The highest BCUT2D eigenvalue weighted by Gasteiger charge is 2.36. The number of pyridine rings is 1. The third kappa shape index (κ3) is 3.45. The zero-order valence-electron chi connectivity index (χ0n) is 11.6. The van der Waals surface area contributed by atoms with Gasteiger partial charge in [0.1, 0.15) is 6.07 Å². The minimum Gasteiger partial charge on any atom is -0.388 e. The number of nitrogens with zero attached hydrogens (tertiary/aromatic N) is 2. The summed E-state index contributed by atoms with van der Waals surface area (Å²) in [6.07, 6.45) is 5.26. The maximum atomic E-state index is 10.6. The van der Waals surface area contributed by atoms with Crippen LogP contribution in [0.25, 0.3) is 0 Å². The molecule has 0 saturated heterocycles. The van der Waals surface area contributed by atoms with Crippen molar-refractivity contribution in [3.05, 3.63) is 24.0 Å². The van der Waals surface area contributed by atoms with Gasteiger partial charge in [0.15, 0.2) is 5.69 Å². The first-order chi connectivity index (χ1) is 8.94. The molecule has 0 aromatic carbocycles. The molecule has 2 N–H and O–H groups in total. The molecule has 0 radical (unpaired) electrons. The number of hydrogen-bond donors (Lipinski definition) is 2. The number of nitrogens with one attached hydrogen (secondary N) is 1. The van der Waals surface area contributed by atoms with E-state index in [-0.39, 0.29) is 0 Å². The Bertz CT molecular complexity index is 480. The summed E-state index contributed by atoms with van der Waals surface area (Å²) in [4.78, 5) is 4.00. The summed E-state index contributed by atoms with van der Waals surface area (Å²) < 4.78 is 0. The molecule has 0 atom stereocenters. The Morgan fingerprint density at radius 2 is 2.05 bits per heavy atom. The van der Waals surface area contributed by atoms with Gasteiger partial charge in [-0.3, -0.25) is 0 Å². The lowest BCUT2D eigenvalue weighted by Gasteiger charge is -2.40. The van der Waals surface area contributed by atoms with E-state index in [2.05, 4.69) is 30.2 Å². The Morgan fingerprint density at radius 3 is 2.68 bits per heavy atom. The van der Waals surface area contributed by atoms with Gasteiger partial charge in [0.2, 0.25) is 0 Å². The van der Waals surface area contributed by atoms with E-state index in [0.717, 1.165) is 25.7 Å². The van der Waals surface area contributed by atoms with E-state index in [9.17, 15) is 5.11 Å². The fourth-order valence-corrected chi connectivity index (χ4v) is 2.47. The van der Waals surface area contributed by atoms with Gasteiger partial charge in [-0.1, -0.05) is 13.8 Å². The zero-order valence-corrected chi connectivity index (χ0v) is 11.6. The van der Waals surface area contributed by atoms with Crippen LogP contribution >= 0.6 is 0 Å². The smallest absolute Gasteiger partial charge is 0.163 e. The minimum atomic E-state index is -0.669. The van der Waals surface area contributed by atoms with E-state index >= 15 is 0 Å². The van der Waals surface area contributed by atoms with Crippen LogP contribution in [-0.4, -0.2) is 22.2 Å². The van der Waals surface area contributed by atoms with E-state index in [1.165, 1.54) is 0 Å². The van der Waals surface area contributed by atoms with Crippen LogP contribution in [0.1, 0.15) is 45.2 Å². The number of hydrogen-bond acceptors (Lipinski definition) is 4. The third-order valence-electron chi connectivity index (χ3n) is 4.06. The Kier molecular flexibility index (Phi) is 3.77. The molecule has 0 bridgehead atoms. The molecule has 0 aliphatic heterocycles. The summed E-state index contributed by atoms with van der Waals surface area (Å²) in [5.41, 5.74) is 0.738. The minimum absolute atomic E-state index is 0.332. The Morgan fingerprint density at radius 1 is 1.37 bits per heavy atom. The number of aliphatic hydroxyl groups is 1. The Hall–Kier alpha value is -1.60. The van der Waals surface area contributed by atoms with Crippen LogP contribution in [0, 0.1) is 16.7 Å². The molecule has 2 rings (SSSR count). The van der Waals surface area contributed by atoms with Crippen LogP contribution in [0.5, 0.6) is 0 Å². The van der Waals surface area contributed by atoms with E-state index < -0.39 is 5.60 Å². The lowest BCUT2D eigenvalue weighted by Crippen LogP contribution is -2.42. The second-order valence-corrected chi connectivity index (χ2v) is 6.25. The van der Waals surface area contributed by atoms with Gasteiger partial charge < -0.3 is 10.4 Å². The fraction of sp³-hybridized carbons (Fsp3) is 0.600. The van der Waals surface area contributed by atoms with E-state index in [0.29, 0.717) is 23.3 Å². The maximum Gasteiger partial charge on any atom is 0.163 e. The molecular weight excluding hydrogens is 238 g/mol. The maximum absolute atomic E-state index is 10.6. The largest absolute Gasteiger partial charge is 0.388 e. The highest BCUT2D eigenvalue weighted by molar-refractivity contribution is 5.53. The van der Waals surface area contributed by atoms with Crippen molar-refractivity contribution in [2.24, 2.45) is 5.41 Å². The van der Waals surface area contributed by atoms with E-state index in [4.69, 9.17) is 5.26 Å². The predicted octanol–water partition coefficient (Wildman–Crippen LogP) is 2.70. The van der Waals surface area contributed by atoms with Gasteiger partial charge in [-0.05, 0) is 43.2 Å². The molecule has 1 aromatic heterocycles. The van der Waals surface area contributed by atoms with Gasteiger partial charge >= 0.3 is 0 Å². The summed E-state index contributed by atoms with van der Waals surface area (Å²) in [5, 5.41) is 22.7. The fourth-order valence-electron chi connectivity index (χ4n) is 2.47. The van der Waals surface area contributed by atoms with Crippen molar-refractivity contribution in [2.75, 3.05) is 11.9 Å². The molecule has 1 aromatic rings. The molecule has 0 spiro atoms. The summed E-state index contributed by atoms with van der Waals surface area (Å²) in [5.74, 6) is 0. The quantitative estimate of drug-likeness (QED) is 0.875. The molecule has 1 fully saturated rings. The first kappa shape index (κ1) is 13.8. The number of rotatable bonds is 3. The molecule has 19 heavy (non-hydrogen) atoms. The predicted molar refractivity (Wildman–Crippen MR) is 74.6 cm³/mol. The molecule has 0 unspecified atom stereocenters. The van der Waals surface area contributed by atoms with Crippen LogP contribution in [0.2, 0.25) is 0 Å². The third-order valence-corrected chi connectivity index (χ3v) is 4.06. The molecule has 0 amide bonds. The van der Waals surface area contributed by atoms with Crippen molar-refractivity contribution in [2.45, 2.75) is 45.1 Å². The van der Waals surface area contributed by atoms with Gasteiger partial charge in [0.05, 0.1) is 11.3 Å². The van der Waals surface area contributed by atoms with Gasteiger partial charge in [-0.15, -0.1) is 0 Å². The van der Waals surface area contributed by atoms with Gasteiger partial charge in [-0.2, -0.15) is 5.26 Å². The van der Waals surface area contributed by atoms with Crippen molar-refractivity contribution in [1.82, 2.24) is 4.98 Å². The van der Waals surface area contributed by atoms with E-state index in [1.54, 1.807) is 12.3 Å². The van der Waals surface area contributed by atoms with Crippen LogP contribution in [0.15, 0.2) is 18.3 Å². The van der Waals surface area contributed by atoms with E-state index in [1.807, 2.05) is 6.07 Å². The number of anilines is 1. The second kappa shape index (κ2) is 5.18. The summed E-state index contributed by atoms with van der Waals surface area (Å²) in [7, 11) is 0. The summed E-state index contributed by atoms with van der Waals surface area (Å²) in [6, 6.07) is 5.66. The first-order valence-electron chi connectivity index (χ1n) is 6.76. The normalized spacial score (nSPS) is 20.5. The highest BCUT2D eigenvalue weighted by atomic mass is 16.3. The first-order valence-corrected chi connectivity index (χ1v) is 6.76. The van der Waals surface area contributed by atoms with Crippen LogP contribution in [0.4, 0.5) is 5.69 Å². The average molecular weight is 259 g/mol. The lowest BCUT2D eigenvalue weighted by atomic mass is 9.71. The van der Waals surface area contributed by atoms with Crippen molar-refractivity contribution in [3.63, 3.8) is 0 Å². The summed E-state index contributed by atoms with van der Waals surface area (Å²) in [6.45, 7) is 4.97. The highest BCUT2D eigenvalue weighted by Crippen LogP contribution is 2.40. The molecule has 102 valence electrons. The monoisotopic (exact) mass is 259 g/mol. The Labute approximate surface area is 114 Å². The second-order valence-electron chi connectivity index (χ2n) is 6.25. The van der Waals surface area contributed by atoms with Crippen molar-refractivity contribution in [3.8, 4) is 6.07 Å². The molecule has 1 aliphatic rings. The molecule has 1 aliphatic carbocycles. The molecule has 1 heterocycles. The van der Waals surface area contributed by atoms with Gasteiger partial charge in [0, 0.05) is 12.7 Å². The van der Waals surface area contributed by atoms with Gasteiger partial charge in [0.25, 0.3) is 0 Å². The van der Waals surface area contributed by atoms with Crippen LogP contribution in [-0.2, 0) is 0 Å². The zero-order chi connectivity index (χ0) is 13.9. The standard InChI is InChI=1S/C15H21N3O/c1-14(2)5-7-15(19,8-6-14)11-18-12-4-3-9-17-13(12)10-16/h3-4,9,18-19H,5-8,11H2,1-2H3. The average Bonchev–Trinajstić information content (AvgIpc) is 2.41. The molecule has 4 nitrogen and oxygen atoms in total. The lowest BCUT2D eigenvalue weighted by molar-refractivity contribution is -0.0145. The van der Waals surface area contributed by atoms with Gasteiger partial charge in [-0.25, -0.2) is 4.98 Å². The Balaban J connectivity index is 1.97. The molecular formula is C15H21N3O. The SMILES string of the molecule is CC1(C)CCC(O)(CNc2cccnc2C#N)CC1. The van der Waals surface area contributed by atoms with Crippen molar-refractivity contribution in [1.29, 1.82) is 5.26 Å².